The lowest BCUT2D eigenvalue weighted by molar-refractivity contribution is -0.137. The molecule has 1 unspecified atom stereocenters. The first-order valence-electron chi connectivity index (χ1n) is 4.40. The standard InChI is InChI=1S/C10H9BrClNO3/c11-7-1-6(2-8(12)3-7)9(13-5-14)4-10(15)16/h1-3,5,9H,4H2,(H,13,14)(H,15,16). The predicted octanol–water partition coefficient (Wildman–Crippen LogP) is 2.36. The highest BCUT2D eigenvalue weighted by Gasteiger charge is 2.15. The van der Waals surface area contributed by atoms with Crippen molar-refractivity contribution < 1.29 is 14.7 Å². The summed E-state index contributed by atoms with van der Waals surface area (Å²) in [7, 11) is 0. The molecule has 16 heavy (non-hydrogen) atoms. The number of carboxylic acids is 1. The van der Waals surface area contributed by atoms with E-state index in [1.165, 1.54) is 0 Å². The second-order valence-electron chi connectivity index (χ2n) is 3.14. The van der Waals surface area contributed by atoms with E-state index in [2.05, 4.69) is 21.2 Å². The maximum absolute atomic E-state index is 10.6. The van der Waals surface area contributed by atoms with Crippen LogP contribution in [-0.2, 0) is 9.59 Å². The zero-order valence-corrected chi connectivity index (χ0v) is 10.5. The van der Waals surface area contributed by atoms with Gasteiger partial charge < -0.3 is 10.4 Å². The number of carbonyl (C=O) groups excluding carboxylic acids is 1. The number of carbonyl (C=O) groups is 2. The van der Waals surface area contributed by atoms with Crippen molar-refractivity contribution in [1.29, 1.82) is 0 Å². The van der Waals surface area contributed by atoms with E-state index in [4.69, 9.17) is 16.7 Å². The minimum atomic E-state index is -0.990. The van der Waals surface area contributed by atoms with E-state index in [1.54, 1.807) is 18.2 Å². The maximum atomic E-state index is 10.6. The molecule has 0 radical (unpaired) electrons. The van der Waals surface area contributed by atoms with Crippen LogP contribution >= 0.6 is 27.5 Å². The lowest BCUT2D eigenvalue weighted by Crippen LogP contribution is -2.22. The number of benzene rings is 1. The number of hydrogen-bond donors (Lipinski definition) is 2. The Bertz CT molecular complexity index is 391. The Kier molecular flexibility index (Phi) is 4.76. The summed E-state index contributed by atoms with van der Waals surface area (Å²) in [5, 5.41) is 11.6. The van der Waals surface area contributed by atoms with Gasteiger partial charge in [0.15, 0.2) is 0 Å². The van der Waals surface area contributed by atoms with Gasteiger partial charge in [-0.15, -0.1) is 0 Å². The molecule has 0 aliphatic heterocycles. The molecule has 0 aromatic heterocycles. The minimum absolute atomic E-state index is 0.189. The van der Waals surface area contributed by atoms with Gasteiger partial charge >= 0.3 is 5.97 Å². The first-order chi connectivity index (χ1) is 7.52. The van der Waals surface area contributed by atoms with E-state index >= 15 is 0 Å². The lowest BCUT2D eigenvalue weighted by Gasteiger charge is -2.14. The van der Waals surface area contributed by atoms with Crippen LogP contribution in [0.2, 0.25) is 5.02 Å². The summed E-state index contributed by atoms with van der Waals surface area (Å²) in [5.41, 5.74) is 0.647. The summed E-state index contributed by atoms with van der Waals surface area (Å²) in [5.74, 6) is -0.990. The number of carboxylic acid groups (broad SMARTS) is 1. The summed E-state index contributed by atoms with van der Waals surface area (Å²) in [6, 6.07) is 4.45. The summed E-state index contributed by atoms with van der Waals surface area (Å²) >= 11 is 9.09. The molecule has 0 heterocycles. The maximum Gasteiger partial charge on any atom is 0.305 e. The molecule has 6 heteroatoms. The van der Waals surface area contributed by atoms with Crippen LogP contribution in [0.1, 0.15) is 18.0 Å². The van der Waals surface area contributed by atoms with Crippen LogP contribution < -0.4 is 5.32 Å². The van der Waals surface area contributed by atoms with Crippen molar-refractivity contribution >= 4 is 39.9 Å². The molecule has 0 saturated carbocycles. The van der Waals surface area contributed by atoms with E-state index in [1.807, 2.05) is 0 Å². The molecule has 1 amide bonds. The van der Waals surface area contributed by atoms with Crippen molar-refractivity contribution in [2.24, 2.45) is 0 Å². The van der Waals surface area contributed by atoms with Crippen molar-refractivity contribution in [2.45, 2.75) is 12.5 Å². The number of amides is 1. The SMILES string of the molecule is O=CNC(CC(=O)O)c1cc(Cl)cc(Br)c1. The number of hydrogen-bond acceptors (Lipinski definition) is 2. The Morgan fingerprint density at radius 3 is 2.75 bits per heavy atom. The van der Waals surface area contributed by atoms with Crippen LogP contribution in [0.5, 0.6) is 0 Å². The minimum Gasteiger partial charge on any atom is -0.481 e. The smallest absolute Gasteiger partial charge is 0.305 e. The van der Waals surface area contributed by atoms with Crippen LogP contribution in [-0.4, -0.2) is 17.5 Å². The van der Waals surface area contributed by atoms with Crippen molar-refractivity contribution in [2.75, 3.05) is 0 Å². The summed E-state index contributed by atoms with van der Waals surface area (Å²) < 4.78 is 0.734. The molecule has 0 saturated heterocycles. The quantitative estimate of drug-likeness (QED) is 0.821. The molecule has 0 spiro atoms. The largest absolute Gasteiger partial charge is 0.481 e. The monoisotopic (exact) mass is 305 g/mol. The molecule has 0 aliphatic carbocycles. The Hall–Kier alpha value is -1.07. The first kappa shape index (κ1) is 13.0. The van der Waals surface area contributed by atoms with Gasteiger partial charge in [-0.25, -0.2) is 0 Å². The number of nitrogens with one attached hydrogen (secondary N) is 1. The van der Waals surface area contributed by atoms with Gasteiger partial charge in [0.05, 0.1) is 12.5 Å². The number of rotatable bonds is 5. The van der Waals surface area contributed by atoms with Gasteiger partial charge in [-0.1, -0.05) is 27.5 Å². The van der Waals surface area contributed by atoms with Gasteiger partial charge in [0.25, 0.3) is 0 Å². The van der Waals surface area contributed by atoms with Crippen LogP contribution in [0, 0.1) is 0 Å². The third-order valence-electron chi connectivity index (χ3n) is 1.94. The lowest BCUT2D eigenvalue weighted by atomic mass is 10.0. The summed E-state index contributed by atoms with van der Waals surface area (Å²) in [6.45, 7) is 0. The van der Waals surface area contributed by atoms with Crippen LogP contribution in [0.3, 0.4) is 0 Å². The van der Waals surface area contributed by atoms with Gasteiger partial charge in [-0.05, 0) is 23.8 Å². The molecule has 0 fully saturated rings. The molecular formula is C10H9BrClNO3. The highest BCUT2D eigenvalue weighted by Crippen LogP contribution is 2.25. The van der Waals surface area contributed by atoms with Gasteiger partial charge in [-0.3, -0.25) is 9.59 Å². The topological polar surface area (TPSA) is 66.4 Å². The molecule has 1 aromatic rings. The summed E-state index contributed by atoms with van der Waals surface area (Å²) in [6.07, 6.45) is 0.286. The highest BCUT2D eigenvalue weighted by molar-refractivity contribution is 9.10. The van der Waals surface area contributed by atoms with E-state index in [0.29, 0.717) is 17.0 Å². The van der Waals surface area contributed by atoms with Crippen LogP contribution in [0.25, 0.3) is 0 Å². The average molecular weight is 307 g/mol. The number of aliphatic carboxylic acids is 1. The molecule has 1 atom stereocenters. The second-order valence-corrected chi connectivity index (χ2v) is 4.49. The normalized spacial score (nSPS) is 11.9. The Morgan fingerprint density at radius 2 is 2.25 bits per heavy atom. The third kappa shape index (κ3) is 3.83. The molecular weight excluding hydrogens is 297 g/mol. The fraction of sp³-hybridized carbons (Fsp3) is 0.200. The average Bonchev–Trinajstić information content (AvgIpc) is 2.14. The van der Waals surface area contributed by atoms with Crippen molar-refractivity contribution in [1.82, 2.24) is 5.32 Å². The Morgan fingerprint density at radius 1 is 1.56 bits per heavy atom. The van der Waals surface area contributed by atoms with E-state index in [9.17, 15) is 9.59 Å². The first-order valence-corrected chi connectivity index (χ1v) is 5.57. The predicted molar refractivity (Wildman–Crippen MR) is 63.3 cm³/mol. The highest BCUT2D eigenvalue weighted by atomic mass is 79.9. The van der Waals surface area contributed by atoms with Gasteiger partial charge in [0.1, 0.15) is 0 Å². The second kappa shape index (κ2) is 5.86. The molecule has 0 aliphatic rings. The van der Waals surface area contributed by atoms with Crippen molar-refractivity contribution in [3.63, 3.8) is 0 Å². The van der Waals surface area contributed by atoms with Crippen LogP contribution in [0.15, 0.2) is 22.7 Å². The Balaban J connectivity index is 2.99. The van der Waals surface area contributed by atoms with Crippen molar-refractivity contribution in [3.05, 3.63) is 33.3 Å². The van der Waals surface area contributed by atoms with Gasteiger partial charge in [0.2, 0.25) is 6.41 Å². The molecule has 4 nitrogen and oxygen atoms in total. The zero-order chi connectivity index (χ0) is 12.1. The van der Waals surface area contributed by atoms with Crippen LogP contribution in [0.4, 0.5) is 0 Å². The van der Waals surface area contributed by atoms with Crippen molar-refractivity contribution in [3.8, 4) is 0 Å². The molecule has 1 aromatic carbocycles. The number of halogens is 2. The molecule has 0 bridgehead atoms. The molecule has 2 N–H and O–H groups in total. The van der Waals surface area contributed by atoms with Gasteiger partial charge in [0, 0.05) is 9.50 Å². The van der Waals surface area contributed by atoms with Gasteiger partial charge in [-0.2, -0.15) is 0 Å². The fourth-order valence-corrected chi connectivity index (χ4v) is 2.19. The fourth-order valence-electron chi connectivity index (χ4n) is 1.31. The molecule has 1 rings (SSSR count). The summed E-state index contributed by atoms with van der Waals surface area (Å²) in [4.78, 5) is 21.0. The molecule has 86 valence electrons. The van der Waals surface area contributed by atoms with E-state index < -0.39 is 12.0 Å². The van der Waals surface area contributed by atoms with E-state index in [-0.39, 0.29) is 6.42 Å². The Labute approximate surface area is 106 Å². The van der Waals surface area contributed by atoms with E-state index in [0.717, 1.165) is 4.47 Å². The third-order valence-corrected chi connectivity index (χ3v) is 2.61. The zero-order valence-electron chi connectivity index (χ0n) is 8.11.